The average Bonchev–Trinajstić information content (AvgIpc) is 2.76. The summed E-state index contributed by atoms with van der Waals surface area (Å²) < 4.78 is 22.7. The highest BCUT2D eigenvalue weighted by Gasteiger charge is 2.26. The van der Waals surface area contributed by atoms with Crippen LogP contribution in [0.3, 0.4) is 0 Å². The van der Waals surface area contributed by atoms with Crippen molar-refractivity contribution in [1.29, 1.82) is 0 Å². The summed E-state index contributed by atoms with van der Waals surface area (Å²) in [6.45, 7) is 0.749. The first kappa shape index (κ1) is 13.9. The smallest absolute Gasteiger partial charge is 0.175 e. The van der Waals surface area contributed by atoms with Crippen LogP contribution in [0.5, 0.6) is 0 Å². The molecule has 0 saturated heterocycles. The second-order valence-electron chi connectivity index (χ2n) is 4.83. The lowest BCUT2D eigenvalue weighted by Crippen LogP contribution is -2.20. The Hall–Kier alpha value is -0.520. The Kier molecular flexibility index (Phi) is 4.35. The second kappa shape index (κ2) is 5.63. The molecule has 5 heteroatoms. The first-order chi connectivity index (χ1) is 8.50. The van der Waals surface area contributed by atoms with Gasteiger partial charge in [-0.15, -0.1) is 11.8 Å². The molecule has 1 saturated carbocycles. The molecule has 1 aromatic rings. The molecular weight excluding hydrogens is 266 g/mol. The zero-order chi connectivity index (χ0) is 13.2. The fourth-order valence-corrected chi connectivity index (χ4v) is 4.37. The van der Waals surface area contributed by atoms with Crippen LogP contribution in [-0.4, -0.2) is 26.5 Å². The van der Waals surface area contributed by atoms with Gasteiger partial charge in [-0.2, -0.15) is 0 Å². The highest BCUT2D eigenvalue weighted by atomic mass is 32.2. The zero-order valence-corrected chi connectivity index (χ0v) is 12.1. The molecule has 18 heavy (non-hydrogen) atoms. The third kappa shape index (κ3) is 3.28. The molecule has 100 valence electrons. The van der Waals surface area contributed by atoms with Crippen molar-refractivity contribution in [2.45, 2.75) is 34.3 Å². The Bertz CT molecular complexity index is 496. The molecule has 2 unspecified atom stereocenters. The number of hydrogen-bond donors (Lipinski definition) is 1. The second-order valence-corrected chi connectivity index (χ2v) is 8.15. The van der Waals surface area contributed by atoms with E-state index in [1.807, 2.05) is 23.9 Å². The maximum Gasteiger partial charge on any atom is 0.175 e. The number of sulfone groups is 1. The third-order valence-electron chi connectivity index (χ3n) is 3.43. The van der Waals surface area contributed by atoms with E-state index in [4.69, 9.17) is 5.73 Å². The van der Waals surface area contributed by atoms with Gasteiger partial charge in [-0.05, 0) is 49.6 Å². The average molecular weight is 285 g/mol. The van der Waals surface area contributed by atoms with Gasteiger partial charge in [0.1, 0.15) is 0 Å². The van der Waals surface area contributed by atoms with Crippen LogP contribution in [0.2, 0.25) is 0 Å². The maximum atomic E-state index is 11.4. The SMILES string of the molecule is CS(=O)(=O)c1ccc(SC2CCCC2CN)cc1. The number of rotatable bonds is 4. The van der Waals surface area contributed by atoms with Crippen molar-refractivity contribution in [3.05, 3.63) is 24.3 Å². The molecule has 1 aliphatic carbocycles. The molecule has 0 amide bonds. The van der Waals surface area contributed by atoms with Crippen LogP contribution >= 0.6 is 11.8 Å². The van der Waals surface area contributed by atoms with E-state index in [0.717, 1.165) is 11.4 Å². The summed E-state index contributed by atoms with van der Waals surface area (Å²) in [7, 11) is -3.09. The Morgan fingerprint density at radius 3 is 2.50 bits per heavy atom. The van der Waals surface area contributed by atoms with Crippen molar-refractivity contribution in [3.8, 4) is 0 Å². The van der Waals surface area contributed by atoms with E-state index >= 15 is 0 Å². The largest absolute Gasteiger partial charge is 0.330 e. The minimum atomic E-state index is -3.09. The Morgan fingerprint density at radius 2 is 1.94 bits per heavy atom. The lowest BCUT2D eigenvalue weighted by Gasteiger charge is -2.17. The molecule has 2 rings (SSSR count). The summed E-state index contributed by atoms with van der Waals surface area (Å²) in [6.07, 6.45) is 4.91. The summed E-state index contributed by atoms with van der Waals surface area (Å²) in [6, 6.07) is 7.16. The number of benzene rings is 1. The Morgan fingerprint density at radius 1 is 1.28 bits per heavy atom. The van der Waals surface area contributed by atoms with Crippen molar-refractivity contribution in [1.82, 2.24) is 0 Å². The van der Waals surface area contributed by atoms with Gasteiger partial charge in [0, 0.05) is 16.4 Å². The minimum Gasteiger partial charge on any atom is -0.330 e. The third-order valence-corrected chi connectivity index (χ3v) is 6.03. The molecule has 0 radical (unpaired) electrons. The van der Waals surface area contributed by atoms with E-state index in [9.17, 15) is 8.42 Å². The van der Waals surface area contributed by atoms with Gasteiger partial charge < -0.3 is 5.73 Å². The van der Waals surface area contributed by atoms with E-state index in [1.165, 1.54) is 25.5 Å². The predicted octanol–water partition coefficient (Wildman–Crippen LogP) is 2.31. The number of nitrogens with two attached hydrogens (primary N) is 1. The first-order valence-electron chi connectivity index (χ1n) is 6.17. The number of hydrogen-bond acceptors (Lipinski definition) is 4. The fourth-order valence-electron chi connectivity index (χ4n) is 2.37. The zero-order valence-electron chi connectivity index (χ0n) is 10.5. The van der Waals surface area contributed by atoms with E-state index in [-0.39, 0.29) is 0 Å². The molecule has 0 heterocycles. The van der Waals surface area contributed by atoms with Crippen LogP contribution in [-0.2, 0) is 9.84 Å². The Labute approximate surface area is 113 Å². The van der Waals surface area contributed by atoms with Gasteiger partial charge in [0.15, 0.2) is 9.84 Å². The monoisotopic (exact) mass is 285 g/mol. The van der Waals surface area contributed by atoms with Gasteiger partial charge in [-0.25, -0.2) is 8.42 Å². The van der Waals surface area contributed by atoms with E-state index in [0.29, 0.717) is 16.1 Å². The maximum absolute atomic E-state index is 11.4. The van der Waals surface area contributed by atoms with Gasteiger partial charge in [0.2, 0.25) is 0 Å². The fraction of sp³-hybridized carbons (Fsp3) is 0.538. The lowest BCUT2D eigenvalue weighted by atomic mass is 10.1. The Balaban J connectivity index is 2.07. The predicted molar refractivity (Wildman–Crippen MR) is 75.6 cm³/mol. The topological polar surface area (TPSA) is 60.2 Å². The van der Waals surface area contributed by atoms with Crippen LogP contribution in [0.15, 0.2) is 34.1 Å². The van der Waals surface area contributed by atoms with Crippen molar-refractivity contribution < 1.29 is 8.42 Å². The highest BCUT2D eigenvalue weighted by molar-refractivity contribution is 8.00. The minimum absolute atomic E-state index is 0.383. The van der Waals surface area contributed by atoms with Crippen molar-refractivity contribution >= 4 is 21.6 Å². The van der Waals surface area contributed by atoms with Gasteiger partial charge in [-0.1, -0.05) is 6.42 Å². The normalized spacial score (nSPS) is 24.3. The standard InChI is InChI=1S/C13H19NO2S2/c1-18(15,16)12-7-5-11(6-8-12)17-13-4-2-3-10(13)9-14/h5-8,10,13H,2-4,9,14H2,1H3. The molecule has 3 nitrogen and oxygen atoms in total. The molecular formula is C13H19NO2S2. The molecule has 0 bridgehead atoms. The lowest BCUT2D eigenvalue weighted by molar-refractivity contribution is 0.573. The van der Waals surface area contributed by atoms with Crippen LogP contribution in [0, 0.1) is 5.92 Å². The van der Waals surface area contributed by atoms with Crippen molar-refractivity contribution in [2.75, 3.05) is 12.8 Å². The molecule has 2 N–H and O–H groups in total. The van der Waals surface area contributed by atoms with E-state index < -0.39 is 9.84 Å². The summed E-state index contributed by atoms with van der Waals surface area (Å²) in [5.41, 5.74) is 5.77. The van der Waals surface area contributed by atoms with E-state index in [1.54, 1.807) is 12.1 Å². The van der Waals surface area contributed by atoms with Gasteiger partial charge in [-0.3, -0.25) is 0 Å². The summed E-state index contributed by atoms with van der Waals surface area (Å²) in [4.78, 5) is 1.52. The molecule has 2 atom stereocenters. The number of thioether (sulfide) groups is 1. The summed E-state index contributed by atoms with van der Waals surface area (Å²) in [5, 5.41) is 0.582. The van der Waals surface area contributed by atoms with Crippen molar-refractivity contribution in [2.24, 2.45) is 11.7 Å². The van der Waals surface area contributed by atoms with Gasteiger partial charge in [0.25, 0.3) is 0 Å². The quantitative estimate of drug-likeness (QED) is 0.922. The highest BCUT2D eigenvalue weighted by Crippen LogP contribution is 2.38. The molecule has 0 aliphatic heterocycles. The summed E-state index contributed by atoms with van der Waals surface area (Å²) in [5.74, 6) is 0.601. The molecule has 1 aliphatic rings. The molecule has 1 aromatic carbocycles. The van der Waals surface area contributed by atoms with Crippen molar-refractivity contribution in [3.63, 3.8) is 0 Å². The van der Waals surface area contributed by atoms with Gasteiger partial charge in [0.05, 0.1) is 4.90 Å². The van der Waals surface area contributed by atoms with E-state index in [2.05, 4.69) is 0 Å². The van der Waals surface area contributed by atoms with Crippen LogP contribution in [0.1, 0.15) is 19.3 Å². The van der Waals surface area contributed by atoms with Crippen LogP contribution < -0.4 is 5.73 Å². The molecule has 0 aromatic heterocycles. The van der Waals surface area contributed by atoms with Crippen LogP contribution in [0.4, 0.5) is 0 Å². The van der Waals surface area contributed by atoms with Gasteiger partial charge >= 0.3 is 0 Å². The summed E-state index contributed by atoms with van der Waals surface area (Å²) >= 11 is 1.83. The molecule has 0 spiro atoms. The van der Waals surface area contributed by atoms with Crippen LogP contribution in [0.25, 0.3) is 0 Å². The first-order valence-corrected chi connectivity index (χ1v) is 8.94. The molecule has 1 fully saturated rings.